The van der Waals surface area contributed by atoms with Gasteiger partial charge in [-0.15, -0.1) is 0 Å². The molecule has 0 aliphatic rings. The van der Waals surface area contributed by atoms with Crippen molar-refractivity contribution in [3.63, 3.8) is 0 Å². The fraction of sp³-hybridized carbons (Fsp3) is 0. The van der Waals surface area contributed by atoms with Gasteiger partial charge in [0.1, 0.15) is 0 Å². The van der Waals surface area contributed by atoms with Gasteiger partial charge in [0.25, 0.3) is 0 Å². The van der Waals surface area contributed by atoms with E-state index in [0.717, 1.165) is 38.9 Å². The largest absolute Gasteiger partial charge is 0.309 e. The van der Waals surface area contributed by atoms with Gasteiger partial charge in [0.15, 0.2) is 0 Å². The van der Waals surface area contributed by atoms with Crippen LogP contribution in [0.25, 0.3) is 88.2 Å². The Bertz CT molecular complexity index is 2790. The molecular weight excluding hydrogens is 560 g/mol. The van der Waals surface area contributed by atoms with Crippen molar-refractivity contribution in [2.24, 2.45) is 0 Å². The first kappa shape index (κ1) is 25.1. The number of hydrogen-bond acceptors (Lipinski definition) is 2. The third-order valence-electron chi connectivity index (χ3n) is 9.32. The molecule has 0 radical (unpaired) electrons. The molecule has 3 aromatic heterocycles. The highest BCUT2D eigenvalue weighted by Gasteiger charge is 2.21. The van der Waals surface area contributed by atoms with Crippen LogP contribution in [0.1, 0.15) is 0 Å². The van der Waals surface area contributed by atoms with Crippen LogP contribution in [0.15, 0.2) is 158 Å². The van der Waals surface area contributed by atoms with Gasteiger partial charge in [0, 0.05) is 43.6 Å². The van der Waals surface area contributed by atoms with Crippen LogP contribution in [-0.4, -0.2) is 19.1 Å². The molecule has 3 heterocycles. The average molecular weight is 587 g/mol. The van der Waals surface area contributed by atoms with Gasteiger partial charge in [-0.3, -0.25) is 4.57 Å². The number of rotatable bonds is 3. The van der Waals surface area contributed by atoms with Gasteiger partial charge in [0.2, 0.25) is 5.95 Å². The zero-order valence-electron chi connectivity index (χ0n) is 24.8. The molecule has 0 unspecified atom stereocenters. The van der Waals surface area contributed by atoms with Gasteiger partial charge in [-0.25, -0.2) is 9.97 Å². The second-order valence-corrected chi connectivity index (χ2v) is 11.8. The fourth-order valence-corrected chi connectivity index (χ4v) is 7.38. The van der Waals surface area contributed by atoms with E-state index in [1.807, 2.05) is 12.1 Å². The van der Waals surface area contributed by atoms with E-state index in [2.05, 4.69) is 155 Å². The van der Waals surface area contributed by atoms with Crippen LogP contribution in [0.2, 0.25) is 0 Å². The second kappa shape index (κ2) is 9.62. The number of aromatic nitrogens is 4. The zero-order chi connectivity index (χ0) is 30.2. The molecular formula is C42H26N4. The molecule has 10 rings (SSSR count). The lowest BCUT2D eigenvalue weighted by Crippen LogP contribution is -2.03. The Balaban J connectivity index is 1.36. The summed E-state index contributed by atoms with van der Waals surface area (Å²) >= 11 is 0. The highest BCUT2D eigenvalue weighted by atomic mass is 15.2. The van der Waals surface area contributed by atoms with E-state index in [0.29, 0.717) is 5.95 Å². The topological polar surface area (TPSA) is 35.6 Å². The summed E-state index contributed by atoms with van der Waals surface area (Å²) < 4.78 is 4.65. The maximum Gasteiger partial charge on any atom is 0.235 e. The number of benzene rings is 7. The SMILES string of the molecule is c1ccc(-c2nc(-n3c4ccccc4c4ccc5c(ccc6c5c5ccccc5n6-c5ccccc5)c43)nc3ccccc23)cc1. The van der Waals surface area contributed by atoms with Gasteiger partial charge in [-0.05, 0) is 41.8 Å². The lowest BCUT2D eigenvalue weighted by Gasteiger charge is -2.13. The molecule has 0 fully saturated rings. The third kappa shape index (κ3) is 3.49. The summed E-state index contributed by atoms with van der Waals surface area (Å²) in [6, 6.07) is 55.8. The van der Waals surface area contributed by atoms with E-state index in [9.17, 15) is 0 Å². The van der Waals surface area contributed by atoms with Crippen LogP contribution >= 0.6 is 0 Å². The summed E-state index contributed by atoms with van der Waals surface area (Å²) in [6.07, 6.45) is 0. The predicted octanol–water partition coefficient (Wildman–Crippen LogP) is 10.6. The maximum atomic E-state index is 5.32. The van der Waals surface area contributed by atoms with Crippen molar-refractivity contribution < 1.29 is 0 Å². The highest BCUT2D eigenvalue weighted by molar-refractivity contribution is 6.27. The lowest BCUT2D eigenvalue weighted by molar-refractivity contribution is 1.02. The highest BCUT2D eigenvalue weighted by Crippen LogP contribution is 2.42. The number of para-hydroxylation sites is 4. The molecule has 0 saturated heterocycles. The Morgan fingerprint density at radius 3 is 1.76 bits per heavy atom. The Hall–Kier alpha value is -6.26. The minimum Gasteiger partial charge on any atom is -0.309 e. The number of nitrogens with zero attached hydrogens (tertiary/aromatic N) is 4. The zero-order valence-corrected chi connectivity index (χ0v) is 24.8. The normalized spacial score (nSPS) is 11.9. The van der Waals surface area contributed by atoms with Crippen molar-refractivity contribution in [2.45, 2.75) is 0 Å². The molecule has 10 aromatic rings. The van der Waals surface area contributed by atoms with E-state index in [1.165, 1.54) is 43.4 Å². The molecule has 0 aliphatic carbocycles. The van der Waals surface area contributed by atoms with Crippen molar-refractivity contribution in [3.8, 4) is 22.9 Å². The van der Waals surface area contributed by atoms with Crippen LogP contribution < -0.4 is 0 Å². The molecule has 0 bridgehead atoms. The molecule has 7 aromatic carbocycles. The first-order chi connectivity index (χ1) is 22.8. The van der Waals surface area contributed by atoms with Crippen LogP contribution in [0, 0.1) is 0 Å². The van der Waals surface area contributed by atoms with Crippen molar-refractivity contribution in [1.82, 2.24) is 19.1 Å². The Kier molecular flexibility index (Phi) is 5.25. The van der Waals surface area contributed by atoms with Gasteiger partial charge in [-0.1, -0.05) is 121 Å². The molecule has 0 amide bonds. The van der Waals surface area contributed by atoms with Crippen molar-refractivity contribution >= 4 is 65.3 Å². The average Bonchev–Trinajstić information content (AvgIpc) is 3.65. The van der Waals surface area contributed by atoms with E-state index >= 15 is 0 Å². The summed E-state index contributed by atoms with van der Waals surface area (Å²) in [7, 11) is 0. The third-order valence-corrected chi connectivity index (χ3v) is 9.32. The van der Waals surface area contributed by atoms with E-state index in [4.69, 9.17) is 9.97 Å². The van der Waals surface area contributed by atoms with Gasteiger partial charge in [0.05, 0.1) is 33.3 Å². The molecule has 0 aliphatic heterocycles. The number of hydrogen-bond donors (Lipinski definition) is 0. The van der Waals surface area contributed by atoms with Crippen molar-refractivity contribution in [3.05, 3.63) is 158 Å². The molecule has 0 N–H and O–H groups in total. The summed E-state index contributed by atoms with van der Waals surface area (Å²) in [4.78, 5) is 10.5. The van der Waals surface area contributed by atoms with Gasteiger partial charge >= 0.3 is 0 Å². The van der Waals surface area contributed by atoms with Crippen molar-refractivity contribution in [1.29, 1.82) is 0 Å². The summed E-state index contributed by atoms with van der Waals surface area (Å²) in [5, 5.41) is 8.29. The van der Waals surface area contributed by atoms with Crippen LogP contribution in [0.4, 0.5) is 0 Å². The maximum absolute atomic E-state index is 5.32. The lowest BCUT2D eigenvalue weighted by atomic mass is 10.0. The van der Waals surface area contributed by atoms with Crippen LogP contribution in [0.5, 0.6) is 0 Å². The molecule has 0 saturated carbocycles. The summed E-state index contributed by atoms with van der Waals surface area (Å²) in [5.41, 5.74) is 8.67. The predicted molar refractivity (Wildman–Crippen MR) is 191 cm³/mol. The first-order valence-electron chi connectivity index (χ1n) is 15.6. The Labute approximate surface area is 264 Å². The van der Waals surface area contributed by atoms with Gasteiger partial charge in [-0.2, -0.15) is 0 Å². The standard InChI is InChI=1S/C42H26N4/c1-3-13-27(14-4-1)40-33-18-7-10-20-35(33)43-42(44-40)46-36-21-11-8-17-29(36)31-24-23-30-32(41(31)46)25-26-38-39(30)34-19-9-12-22-37(34)45(38)28-15-5-2-6-16-28/h1-26H. The van der Waals surface area contributed by atoms with Crippen molar-refractivity contribution in [2.75, 3.05) is 0 Å². The summed E-state index contributed by atoms with van der Waals surface area (Å²) in [5.74, 6) is 0.670. The van der Waals surface area contributed by atoms with Gasteiger partial charge < -0.3 is 4.57 Å². The van der Waals surface area contributed by atoms with E-state index < -0.39 is 0 Å². The molecule has 0 spiro atoms. The smallest absolute Gasteiger partial charge is 0.235 e. The monoisotopic (exact) mass is 586 g/mol. The molecule has 46 heavy (non-hydrogen) atoms. The van der Waals surface area contributed by atoms with E-state index in [-0.39, 0.29) is 0 Å². The molecule has 4 nitrogen and oxygen atoms in total. The Morgan fingerprint density at radius 1 is 0.370 bits per heavy atom. The van der Waals surface area contributed by atoms with E-state index in [1.54, 1.807) is 0 Å². The number of fused-ring (bicyclic) bond motifs is 10. The fourth-order valence-electron chi connectivity index (χ4n) is 7.38. The van der Waals surface area contributed by atoms with Crippen LogP contribution in [0.3, 0.4) is 0 Å². The molecule has 4 heteroatoms. The summed E-state index contributed by atoms with van der Waals surface area (Å²) in [6.45, 7) is 0. The molecule has 0 atom stereocenters. The van der Waals surface area contributed by atoms with Crippen LogP contribution in [-0.2, 0) is 0 Å². The second-order valence-electron chi connectivity index (χ2n) is 11.8. The minimum absolute atomic E-state index is 0.670. The first-order valence-corrected chi connectivity index (χ1v) is 15.6. The Morgan fingerprint density at radius 2 is 0.957 bits per heavy atom. The molecule has 214 valence electrons. The minimum atomic E-state index is 0.670. The quantitative estimate of drug-likeness (QED) is 0.206.